The van der Waals surface area contributed by atoms with Gasteiger partial charge in [0.15, 0.2) is 0 Å². The summed E-state index contributed by atoms with van der Waals surface area (Å²) in [4.78, 5) is 35.7. The van der Waals surface area contributed by atoms with Gasteiger partial charge in [0.1, 0.15) is 11.5 Å². The molecule has 2 fully saturated rings. The van der Waals surface area contributed by atoms with Crippen molar-refractivity contribution in [3.8, 4) is 11.5 Å². The highest BCUT2D eigenvalue weighted by molar-refractivity contribution is 5.95. The van der Waals surface area contributed by atoms with E-state index < -0.39 is 0 Å². The van der Waals surface area contributed by atoms with E-state index in [4.69, 9.17) is 9.47 Å². The van der Waals surface area contributed by atoms with Gasteiger partial charge in [0.25, 0.3) is 11.8 Å². The molecule has 4 aromatic carbocycles. The van der Waals surface area contributed by atoms with Crippen molar-refractivity contribution in [1.82, 2.24) is 30.2 Å². The van der Waals surface area contributed by atoms with E-state index in [0.29, 0.717) is 13.1 Å². The number of nitrogens with one attached hydrogen (secondary N) is 2. The van der Waals surface area contributed by atoms with Crippen LogP contribution in [0.3, 0.4) is 0 Å². The molecule has 10 nitrogen and oxygen atoms in total. The molecular formula is C50H70N6O4. The molecule has 0 saturated carbocycles. The summed E-state index contributed by atoms with van der Waals surface area (Å²) in [6, 6.07) is 32.9. The Bertz CT molecular complexity index is 1730. The topological polar surface area (TPSA) is 89.6 Å². The minimum atomic E-state index is 0.119. The Balaban J connectivity index is 0.000000228. The second-order valence-electron chi connectivity index (χ2n) is 15.7. The van der Waals surface area contributed by atoms with Crippen molar-refractivity contribution in [2.24, 2.45) is 0 Å². The van der Waals surface area contributed by atoms with Gasteiger partial charge in [0.05, 0.1) is 14.2 Å². The van der Waals surface area contributed by atoms with E-state index in [9.17, 15) is 9.59 Å². The van der Waals surface area contributed by atoms with Crippen LogP contribution in [0.4, 0.5) is 0 Å². The lowest BCUT2D eigenvalue weighted by atomic mass is 10.1. The molecule has 0 unspecified atom stereocenters. The number of amides is 2. The van der Waals surface area contributed by atoms with Crippen molar-refractivity contribution in [2.75, 3.05) is 79.7 Å². The number of carbonyl (C=O) groups excluding carboxylic acids is 2. The fraction of sp³-hybridized carbons (Fsp3) is 0.480. The number of methoxy groups -OCH3 is 2. The third kappa shape index (κ3) is 13.1. The highest BCUT2D eigenvalue weighted by atomic mass is 16.5. The van der Waals surface area contributed by atoms with Gasteiger partial charge < -0.3 is 29.9 Å². The predicted octanol–water partition coefficient (Wildman–Crippen LogP) is 7.17. The van der Waals surface area contributed by atoms with Crippen molar-refractivity contribution in [1.29, 1.82) is 0 Å². The van der Waals surface area contributed by atoms with Crippen LogP contribution in [0.15, 0.2) is 97.1 Å². The minimum Gasteiger partial charge on any atom is -0.496 e. The lowest BCUT2D eigenvalue weighted by molar-refractivity contribution is 0.0686. The first-order chi connectivity index (χ1) is 29.3. The molecule has 2 aliphatic heterocycles. The SMILES string of the molecule is CCN(CC)Cc1ccc(C(=O)N(CCc2ccccc2OC)[C@@H]2CCNC2)cc1.CCN(CC)Cc1ccc(C(=O)N(CCc2ccccc2OC)[C@@H]2CCNC2)cc1. The highest BCUT2D eigenvalue weighted by Gasteiger charge is 2.29. The average Bonchev–Trinajstić information content (AvgIpc) is 4.05. The molecule has 2 heterocycles. The van der Waals surface area contributed by atoms with E-state index in [1.165, 1.54) is 11.1 Å². The van der Waals surface area contributed by atoms with Gasteiger partial charge in [-0.1, -0.05) is 88.4 Å². The zero-order valence-corrected chi connectivity index (χ0v) is 37.1. The maximum Gasteiger partial charge on any atom is 0.254 e. The summed E-state index contributed by atoms with van der Waals surface area (Å²) >= 11 is 0. The molecule has 324 valence electrons. The molecule has 0 bridgehead atoms. The maximum atomic E-state index is 13.4. The first-order valence-corrected chi connectivity index (χ1v) is 22.2. The van der Waals surface area contributed by atoms with E-state index in [1.807, 2.05) is 70.5 Å². The monoisotopic (exact) mass is 819 g/mol. The normalized spacial score (nSPS) is 16.1. The van der Waals surface area contributed by atoms with Crippen LogP contribution in [0.5, 0.6) is 11.5 Å². The van der Waals surface area contributed by atoms with Crippen LogP contribution in [-0.4, -0.2) is 123 Å². The van der Waals surface area contributed by atoms with Gasteiger partial charge in [-0.25, -0.2) is 0 Å². The molecule has 0 radical (unpaired) electrons. The lowest BCUT2D eigenvalue weighted by Gasteiger charge is -2.29. The maximum absolute atomic E-state index is 13.4. The van der Waals surface area contributed by atoms with Gasteiger partial charge in [0, 0.05) is 62.5 Å². The lowest BCUT2D eigenvalue weighted by Crippen LogP contribution is -2.42. The summed E-state index contributed by atoms with van der Waals surface area (Å²) < 4.78 is 11.0. The Labute approximate surface area is 360 Å². The van der Waals surface area contributed by atoms with Crippen LogP contribution in [0.25, 0.3) is 0 Å². The van der Waals surface area contributed by atoms with Gasteiger partial charge in [-0.05, 0) is 124 Å². The number of rotatable bonds is 20. The van der Waals surface area contributed by atoms with Crippen LogP contribution in [-0.2, 0) is 25.9 Å². The third-order valence-electron chi connectivity index (χ3n) is 12.1. The van der Waals surface area contributed by atoms with E-state index in [2.05, 4.69) is 84.5 Å². The molecule has 10 heteroatoms. The van der Waals surface area contributed by atoms with Crippen molar-refractivity contribution in [2.45, 2.75) is 78.6 Å². The van der Waals surface area contributed by atoms with E-state index in [1.54, 1.807) is 14.2 Å². The molecule has 2 aliphatic rings. The summed E-state index contributed by atoms with van der Waals surface area (Å²) in [5.41, 5.74) is 6.31. The van der Waals surface area contributed by atoms with Crippen molar-refractivity contribution < 1.29 is 19.1 Å². The number of benzene rings is 4. The average molecular weight is 819 g/mol. The van der Waals surface area contributed by atoms with E-state index in [0.717, 1.165) is 125 Å². The standard InChI is InChI=1S/2C25H35N3O2/c2*1-4-27(5-2)19-20-10-12-22(13-11-20)25(29)28(23-14-16-26-18-23)17-15-21-8-6-7-9-24(21)30-3/h2*6-13,23,26H,4-5,14-19H2,1-3H3/t2*23-/m11/s1. The molecule has 2 amide bonds. The number of carbonyl (C=O) groups is 2. The number of nitrogens with zero attached hydrogens (tertiary/aromatic N) is 4. The van der Waals surface area contributed by atoms with Gasteiger partial charge in [-0.15, -0.1) is 0 Å². The van der Waals surface area contributed by atoms with Gasteiger partial charge in [-0.2, -0.15) is 0 Å². The van der Waals surface area contributed by atoms with Crippen molar-refractivity contribution >= 4 is 11.8 Å². The number of para-hydroxylation sites is 2. The number of hydrogen-bond donors (Lipinski definition) is 2. The van der Waals surface area contributed by atoms with Crippen LogP contribution in [0, 0.1) is 0 Å². The molecule has 2 saturated heterocycles. The molecule has 60 heavy (non-hydrogen) atoms. The van der Waals surface area contributed by atoms with Crippen molar-refractivity contribution in [3.63, 3.8) is 0 Å². The smallest absolute Gasteiger partial charge is 0.254 e. The van der Waals surface area contributed by atoms with Gasteiger partial charge in [-0.3, -0.25) is 19.4 Å². The summed E-state index contributed by atoms with van der Waals surface area (Å²) in [5.74, 6) is 2.01. The van der Waals surface area contributed by atoms with Gasteiger partial charge in [0.2, 0.25) is 0 Å². The second kappa shape index (κ2) is 24.5. The minimum absolute atomic E-state index is 0.119. The molecular weight excluding hydrogens is 749 g/mol. The predicted molar refractivity (Wildman–Crippen MR) is 244 cm³/mol. The number of ether oxygens (including phenoxy) is 2. The second-order valence-corrected chi connectivity index (χ2v) is 15.7. The van der Waals surface area contributed by atoms with Gasteiger partial charge >= 0.3 is 0 Å². The molecule has 0 aromatic heterocycles. The third-order valence-corrected chi connectivity index (χ3v) is 12.1. The fourth-order valence-electron chi connectivity index (χ4n) is 8.26. The molecule has 0 spiro atoms. The first kappa shape index (κ1) is 46.3. The number of hydrogen-bond acceptors (Lipinski definition) is 8. The molecule has 4 aromatic rings. The molecule has 0 aliphatic carbocycles. The highest BCUT2D eigenvalue weighted by Crippen LogP contribution is 2.23. The Morgan fingerprint density at radius 1 is 0.550 bits per heavy atom. The van der Waals surface area contributed by atoms with Crippen LogP contribution in [0.2, 0.25) is 0 Å². The van der Waals surface area contributed by atoms with Crippen LogP contribution < -0.4 is 20.1 Å². The first-order valence-electron chi connectivity index (χ1n) is 22.2. The fourth-order valence-corrected chi connectivity index (χ4v) is 8.26. The zero-order chi connectivity index (χ0) is 42.7. The quantitative estimate of drug-likeness (QED) is 0.0972. The Kier molecular flexibility index (Phi) is 18.9. The molecule has 2 atom stereocenters. The summed E-state index contributed by atoms with van der Waals surface area (Å²) in [6.45, 7) is 19.7. The molecule has 2 N–H and O–H groups in total. The summed E-state index contributed by atoms with van der Waals surface area (Å²) in [5, 5.41) is 6.80. The Hall–Kier alpha value is -4.74. The summed E-state index contributed by atoms with van der Waals surface area (Å²) in [7, 11) is 3.39. The van der Waals surface area contributed by atoms with Crippen LogP contribution >= 0.6 is 0 Å². The summed E-state index contributed by atoms with van der Waals surface area (Å²) in [6.07, 6.45) is 3.56. The zero-order valence-electron chi connectivity index (χ0n) is 37.1. The van der Waals surface area contributed by atoms with E-state index in [-0.39, 0.29) is 23.9 Å². The Morgan fingerprint density at radius 3 is 1.23 bits per heavy atom. The Morgan fingerprint density at radius 2 is 0.917 bits per heavy atom. The molecule has 6 rings (SSSR count). The van der Waals surface area contributed by atoms with E-state index >= 15 is 0 Å². The van der Waals surface area contributed by atoms with Crippen LogP contribution in [0.1, 0.15) is 83.5 Å². The van der Waals surface area contributed by atoms with Crippen molar-refractivity contribution in [3.05, 3.63) is 130 Å². The largest absolute Gasteiger partial charge is 0.496 e.